The summed E-state index contributed by atoms with van der Waals surface area (Å²) >= 11 is 0. The molecule has 1 aromatic carbocycles. The minimum absolute atomic E-state index is 0.0106. The highest BCUT2D eigenvalue weighted by molar-refractivity contribution is 5.96. The molecule has 0 spiro atoms. The summed E-state index contributed by atoms with van der Waals surface area (Å²) in [6, 6.07) is 11.2. The van der Waals surface area contributed by atoms with Gasteiger partial charge in [0, 0.05) is 25.2 Å². The molecule has 148 valence electrons. The van der Waals surface area contributed by atoms with E-state index < -0.39 is 0 Å². The number of aryl methyl sites for hydroxylation is 2. The number of para-hydroxylation sites is 1. The van der Waals surface area contributed by atoms with Crippen molar-refractivity contribution in [2.45, 2.75) is 26.7 Å². The number of pyridine rings is 1. The van der Waals surface area contributed by atoms with Crippen molar-refractivity contribution in [1.29, 1.82) is 0 Å². The molecule has 1 aliphatic heterocycles. The fourth-order valence-corrected chi connectivity index (χ4v) is 3.54. The number of ether oxygens (including phenoxy) is 1. The van der Waals surface area contributed by atoms with E-state index in [9.17, 15) is 9.59 Å². The number of hydrogen-bond acceptors (Lipinski definition) is 4. The Morgan fingerprint density at radius 1 is 1.18 bits per heavy atom. The number of urea groups is 1. The van der Waals surface area contributed by atoms with Crippen LogP contribution in [-0.2, 0) is 0 Å². The molecule has 1 aliphatic rings. The summed E-state index contributed by atoms with van der Waals surface area (Å²) in [5.41, 5.74) is 2.63. The molecule has 3 rings (SSSR count). The Morgan fingerprint density at radius 3 is 2.68 bits per heavy atom. The number of benzene rings is 1. The lowest BCUT2D eigenvalue weighted by Gasteiger charge is -2.31. The van der Waals surface area contributed by atoms with Gasteiger partial charge >= 0.3 is 6.03 Å². The maximum atomic E-state index is 12.6. The molecule has 2 heterocycles. The van der Waals surface area contributed by atoms with Crippen LogP contribution in [0.2, 0.25) is 0 Å². The molecule has 1 atom stereocenters. The number of nitrogens with one attached hydrogen (secondary N) is 1. The highest BCUT2D eigenvalue weighted by Crippen LogP contribution is 2.22. The topological polar surface area (TPSA) is 71.5 Å². The number of likely N-dealkylation sites (tertiary alicyclic amines) is 1. The van der Waals surface area contributed by atoms with Crippen LogP contribution in [0.3, 0.4) is 0 Å². The van der Waals surface area contributed by atoms with Gasteiger partial charge < -0.3 is 15.0 Å². The second-order valence-corrected chi connectivity index (χ2v) is 7.17. The van der Waals surface area contributed by atoms with Crippen molar-refractivity contribution in [2.24, 2.45) is 5.92 Å². The second kappa shape index (κ2) is 9.35. The van der Waals surface area contributed by atoms with E-state index in [4.69, 9.17) is 4.74 Å². The standard InChI is InChI=1S/C22H27N3O3/c1-16-7-5-8-17(2)21(16)28-14-12-24-22(27)25-13-6-9-18(15-25)20(26)19-10-3-4-11-23-19/h3-5,7-8,10-11,18H,6,9,12-15H2,1-2H3,(H,24,27)/t18-/m0/s1. The Hall–Kier alpha value is -2.89. The Bertz CT molecular complexity index is 803. The quantitative estimate of drug-likeness (QED) is 0.615. The molecule has 0 unspecified atom stereocenters. The number of ketones is 1. The average molecular weight is 381 g/mol. The summed E-state index contributed by atoms with van der Waals surface area (Å²) in [5, 5.41) is 2.90. The van der Waals surface area contributed by atoms with Gasteiger partial charge in [-0.1, -0.05) is 24.3 Å². The molecule has 0 bridgehead atoms. The number of carbonyl (C=O) groups is 2. The fourth-order valence-electron chi connectivity index (χ4n) is 3.54. The molecule has 0 aliphatic carbocycles. The van der Waals surface area contributed by atoms with Gasteiger partial charge in [-0.3, -0.25) is 9.78 Å². The molecule has 28 heavy (non-hydrogen) atoms. The highest BCUT2D eigenvalue weighted by atomic mass is 16.5. The highest BCUT2D eigenvalue weighted by Gasteiger charge is 2.29. The van der Waals surface area contributed by atoms with E-state index in [1.807, 2.05) is 38.1 Å². The first-order valence-corrected chi connectivity index (χ1v) is 9.73. The largest absolute Gasteiger partial charge is 0.491 e. The number of aromatic nitrogens is 1. The number of piperidine rings is 1. The predicted molar refractivity (Wildman–Crippen MR) is 108 cm³/mol. The van der Waals surface area contributed by atoms with E-state index in [-0.39, 0.29) is 17.7 Å². The van der Waals surface area contributed by atoms with Crippen molar-refractivity contribution >= 4 is 11.8 Å². The minimum atomic E-state index is -0.194. The molecular weight excluding hydrogens is 354 g/mol. The summed E-state index contributed by atoms with van der Waals surface area (Å²) in [4.78, 5) is 30.9. The third-order valence-corrected chi connectivity index (χ3v) is 5.03. The van der Waals surface area contributed by atoms with Crippen LogP contribution in [0.5, 0.6) is 5.75 Å². The van der Waals surface area contributed by atoms with Crippen molar-refractivity contribution in [1.82, 2.24) is 15.2 Å². The summed E-state index contributed by atoms with van der Waals surface area (Å²) < 4.78 is 5.83. The number of hydrogen-bond donors (Lipinski definition) is 1. The van der Waals surface area contributed by atoms with E-state index in [1.165, 1.54) is 0 Å². The summed E-state index contributed by atoms with van der Waals surface area (Å²) in [6.07, 6.45) is 3.22. The van der Waals surface area contributed by atoms with Gasteiger partial charge in [0.2, 0.25) is 0 Å². The average Bonchev–Trinajstić information content (AvgIpc) is 2.73. The van der Waals surface area contributed by atoms with Gasteiger partial charge in [-0.2, -0.15) is 0 Å². The molecule has 1 N–H and O–H groups in total. The second-order valence-electron chi connectivity index (χ2n) is 7.17. The van der Waals surface area contributed by atoms with Crippen molar-refractivity contribution in [2.75, 3.05) is 26.2 Å². The number of nitrogens with zero attached hydrogens (tertiary/aromatic N) is 2. The fraction of sp³-hybridized carbons (Fsp3) is 0.409. The van der Waals surface area contributed by atoms with Crippen LogP contribution in [0.4, 0.5) is 4.79 Å². The van der Waals surface area contributed by atoms with Crippen LogP contribution in [0, 0.1) is 19.8 Å². The Balaban J connectivity index is 1.47. The molecule has 0 saturated carbocycles. The van der Waals surface area contributed by atoms with Gasteiger partial charge in [-0.25, -0.2) is 4.79 Å². The number of carbonyl (C=O) groups excluding carboxylic acids is 2. The smallest absolute Gasteiger partial charge is 0.317 e. The molecule has 6 heteroatoms. The lowest BCUT2D eigenvalue weighted by Crippen LogP contribution is -2.47. The summed E-state index contributed by atoms with van der Waals surface area (Å²) in [6.45, 7) is 5.93. The number of Topliss-reactive ketones (excluding diaryl/α,β-unsaturated/α-hetero) is 1. The summed E-state index contributed by atoms with van der Waals surface area (Å²) in [7, 11) is 0. The maximum absolute atomic E-state index is 12.6. The van der Waals surface area contributed by atoms with Crippen LogP contribution >= 0.6 is 0 Å². The minimum Gasteiger partial charge on any atom is -0.491 e. The lowest BCUT2D eigenvalue weighted by molar-refractivity contribution is 0.0840. The van der Waals surface area contributed by atoms with E-state index >= 15 is 0 Å². The molecule has 2 amide bonds. The van der Waals surface area contributed by atoms with Gasteiger partial charge in [0.05, 0.1) is 6.54 Å². The monoisotopic (exact) mass is 381 g/mol. The third kappa shape index (κ3) is 4.88. The van der Waals surface area contributed by atoms with Gasteiger partial charge in [-0.05, 0) is 49.9 Å². The SMILES string of the molecule is Cc1cccc(C)c1OCCNC(=O)N1CCC[C@H](C(=O)c2ccccn2)C1. The first kappa shape index (κ1) is 19.9. The molecule has 2 aromatic rings. The molecule has 6 nitrogen and oxygen atoms in total. The first-order chi connectivity index (χ1) is 13.6. The van der Waals surface area contributed by atoms with E-state index in [2.05, 4.69) is 10.3 Å². The molecule has 1 aromatic heterocycles. The van der Waals surface area contributed by atoms with E-state index in [1.54, 1.807) is 23.2 Å². The van der Waals surface area contributed by atoms with Gasteiger partial charge in [0.1, 0.15) is 18.1 Å². The number of rotatable bonds is 6. The maximum Gasteiger partial charge on any atom is 0.317 e. The van der Waals surface area contributed by atoms with Crippen molar-refractivity contribution < 1.29 is 14.3 Å². The molecule has 1 fully saturated rings. The normalized spacial score (nSPS) is 16.5. The lowest BCUT2D eigenvalue weighted by atomic mass is 9.92. The zero-order valence-corrected chi connectivity index (χ0v) is 16.5. The van der Waals surface area contributed by atoms with Crippen molar-refractivity contribution in [3.63, 3.8) is 0 Å². The van der Waals surface area contributed by atoms with Gasteiger partial charge in [-0.15, -0.1) is 0 Å². The molecular formula is C22H27N3O3. The van der Waals surface area contributed by atoms with Crippen LogP contribution in [-0.4, -0.2) is 47.9 Å². The Labute approximate surface area is 165 Å². The molecule has 0 radical (unpaired) electrons. The molecule has 1 saturated heterocycles. The van der Waals surface area contributed by atoms with Crippen LogP contribution in [0.1, 0.15) is 34.5 Å². The van der Waals surface area contributed by atoms with E-state index in [0.717, 1.165) is 29.7 Å². The first-order valence-electron chi connectivity index (χ1n) is 9.73. The Morgan fingerprint density at radius 2 is 1.96 bits per heavy atom. The third-order valence-electron chi connectivity index (χ3n) is 5.03. The van der Waals surface area contributed by atoms with Crippen molar-refractivity contribution in [3.05, 3.63) is 59.4 Å². The number of amides is 2. The zero-order valence-electron chi connectivity index (χ0n) is 16.5. The van der Waals surface area contributed by atoms with Crippen LogP contribution in [0.15, 0.2) is 42.6 Å². The van der Waals surface area contributed by atoms with E-state index in [0.29, 0.717) is 31.9 Å². The summed E-state index contributed by atoms with van der Waals surface area (Å²) in [5.74, 6) is 0.687. The van der Waals surface area contributed by atoms with Crippen LogP contribution in [0.25, 0.3) is 0 Å². The van der Waals surface area contributed by atoms with Crippen LogP contribution < -0.4 is 10.1 Å². The predicted octanol–water partition coefficient (Wildman–Crippen LogP) is 3.38. The Kier molecular flexibility index (Phi) is 6.63. The zero-order chi connectivity index (χ0) is 19.9. The van der Waals surface area contributed by atoms with Gasteiger partial charge in [0.25, 0.3) is 0 Å². The van der Waals surface area contributed by atoms with Crippen molar-refractivity contribution in [3.8, 4) is 5.75 Å². The van der Waals surface area contributed by atoms with Gasteiger partial charge in [0.15, 0.2) is 5.78 Å².